The molecule has 18 heavy (non-hydrogen) atoms. The minimum absolute atomic E-state index is 0.0347. The second kappa shape index (κ2) is 5.87. The molecule has 0 amide bonds. The lowest BCUT2D eigenvalue weighted by Crippen LogP contribution is -2.30. The van der Waals surface area contributed by atoms with Gasteiger partial charge in [-0.3, -0.25) is 4.79 Å². The third-order valence-electron chi connectivity index (χ3n) is 2.97. The predicted octanol–water partition coefficient (Wildman–Crippen LogP) is 2.16. The molecule has 0 saturated carbocycles. The highest BCUT2D eigenvalue weighted by Gasteiger charge is 2.18. The van der Waals surface area contributed by atoms with Crippen LogP contribution in [0.1, 0.15) is 36.5 Å². The first-order chi connectivity index (χ1) is 8.72. The van der Waals surface area contributed by atoms with Crippen LogP contribution < -0.4 is 15.2 Å². The van der Waals surface area contributed by atoms with Gasteiger partial charge in [0.2, 0.25) is 0 Å². The highest BCUT2D eigenvalue weighted by atomic mass is 16.5. The molecule has 0 saturated heterocycles. The lowest BCUT2D eigenvalue weighted by atomic mass is 10.0. The molecule has 0 aliphatic carbocycles. The summed E-state index contributed by atoms with van der Waals surface area (Å²) in [5, 5.41) is 0. The zero-order chi connectivity index (χ0) is 13.0. The fraction of sp³-hybridized carbons (Fsp3) is 0.500. The number of benzene rings is 1. The smallest absolute Gasteiger partial charge is 0.179 e. The van der Waals surface area contributed by atoms with Crippen molar-refractivity contribution < 1.29 is 14.3 Å². The Balaban J connectivity index is 2.19. The number of carbonyl (C=O) groups is 1. The van der Waals surface area contributed by atoms with Gasteiger partial charge in [0.1, 0.15) is 0 Å². The van der Waals surface area contributed by atoms with E-state index in [1.165, 1.54) is 0 Å². The number of Topliss-reactive ketones (excluding diaryl/α,β-unsaturated/α-hetero) is 1. The summed E-state index contributed by atoms with van der Waals surface area (Å²) in [5.41, 5.74) is 6.44. The van der Waals surface area contributed by atoms with E-state index < -0.39 is 6.04 Å². The SMILES string of the molecule is CCCC(N)C(=O)c1ccc2c(c1)OCCCO2. The quantitative estimate of drug-likeness (QED) is 0.831. The van der Waals surface area contributed by atoms with Crippen LogP contribution in [0.2, 0.25) is 0 Å². The molecule has 0 aromatic heterocycles. The van der Waals surface area contributed by atoms with Gasteiger partial charge in [0.25, 0.3) is 0 Å². The zero-order valence-corrected chi connectivity index (χ0v) is 10.6. The van der Waals surface area contributed by atoms with Gasteiger partial charge in [0.05, 0.1) is 19.3 Å². The molecule has 4 heteroatoms. The second-order valence-corrected chi connectivity index (χ2v) is 4.47. The van der Waals surface area contributed by atoms with Crippen LogP contribution in [0.5, 0.6) is 11.5 Å². The summed E-state index contributed by atoms with van der Waals surface area (Å²) in [6.45, 7) is 3.28. The van der Waals surface area contributed by atoms with E-state index in [0.29, 0.717) is 36.7 Å². The van der Waals surface area contributed by atoms with Crippen LogP contribution in [0.4, 0.5) is 0 Å². The molecular weight excluding hydrogens is 230 g/mol. The third-order valence-corrected chi connectivity index (χ3v) is 2.97. The number of ether oxygens (including phenoxy) is 2. The fourth-order valence-electron chi connectivity index (χ4n) is 1.97. The summed E-state index contributed by atoms with van der Waals surface area (Å²) in [6, 6.07) is 4.84. The highest BCUT2D eigenvalue weighted by molar-refractivity contribution is 6.00. The van der Waals surface area contributed by atoms with Crippen molar-refractivity contribution in [3.05, 3.63) is 23.8 Å². The van der Waals surface area contributed by atoms with E-state index in [1.54, 1.807) is 18.2 Å². The predicted molar refractivity (Wildman–Crippen MR) is 69.3 cm³/mol. The van der Waals surface area contributed by atoms with Gasteiger partial charge in [0, 0.05) is 12.0 Å². The Hall–Kier alpha value is -1.55. The van der Waals surface area contributed by atoms with Crippen molar-refractivity contribution in [1.29, 1.82) is 0 Å². The molecule has 1 aromatic carbocycles. The summed E-state index contributed by atoms with van der Waals surface area (Å²) in [7, 11) is 0. The highest BCUT2D eigenvalue weighted by Crippen LogP contribution is 2.30. The molecule has 1 aliphatic rings. The van der Waals surface area contributed by atoms with Crippen LogP contribution in [-0.4, -0.2) is 25.0 Å². The van der Waals surface area contributed by atoms with Crippen LogP contribution in [0.3, 0.4) is 0 Å². The van der Waals surface area contributed by atoms with E-state index >= 15 is 0 Å². The Morgan fingerprint density at radius 3 is 2.78 bits per heavy atom. The number of hydrogen-bond acceptors (Lipinski definition) is 4. The Bertz CT molecular complexity index is 431. The summed E-state index contributed by atoms with van der Waals surface area (Å²) in [5.74, 6) is 1.31. The molecule has 0 bridgehead atoms. The molecule has 1 aromatic rings. The van der Waals surface area contributed by atoms with Crippen LogP contribution in [0.25, 0.3) is 0 Å². The van der Waals surface area contributed by atoms with E-state index in [2.05, 4.69) is 0 Å². The molecular formula is C14H19NO3. The van der Waals surface area contributed by atoms with E-state index in [-0.39, 0.29) is 5.78 Å². The minimum Gasteiger partial charge on any atom is -0.490 e. The Morgan fingerprint density at radius 2 is 2.06 bits per heavy atom. The molecule has 0 fully saturated rings. The van der Waals surface area contributed by atoms with E-state index in [4.69, 9.17) is 15.2 Å². The van der Waals surface area contributed by atoms with Gasteiger partial charge >= 0.3 is 0 Å². The van der Waals surface area contributed by atoms with Crippen molar-refractivity contribution in [1.82, 2.24) is 0 Å². The van der Waals surface area contributed by atoms with E-state index in [0.717, 1.165) is 12.8 Å². The standard InChI is InChI=1S/C14H19NO3/c1-2-4-11(15)14(16)10-5-6-12-13(9-10)18-8-3-7-17-12/h5-6,9,11H,2-4,7-8,15H2,1H3. The summed E-state index contributed by atoms with van der Waals surface area (Å²) in [6.07, 6.45) is 2.46. The van der Waals surface area contributed by atoms with Gasteiger partial charge in [-0.25, -0.2) is 0 Å². The van der Waals surface area contributed by atoms with Crippen molar-refractivity contribution >= 4 is 5.78 Å². The lowest BCUT2D eigenvalue weighted by Gasteiger charge is -2.12. The summed E-state index contributed by atoms with van der Waals surface area (Å²) < 4.78 is 11.1. The van der Waals surface area contributed by atoms with Crippen molar-refractivity contribution in [3.8, 4) is 11.5 Å². The van der Waals surface area contributed by atoms with Crippen molar-refractivity contribution in [2.75, 3.05) is 13.2 Å². The first kappa shape index (κ1) is 12.9. The average Bonchev–Trinajstić information content (AvgIpc) is 2.62. The Kier molecular flexibility index (Phi) is 4.20. The molecule has 1 unspecified atom stereocenters. The molecule has 0 radical (unpaired) electrons. The zero-order valence-electron chi connectivity index (χ0n) is 10.6. The summed E-state index contributed by atoms with van der Waals surface area (Å²) >= 11 is 0. The largest absolute Gasteiger partial charge is 0.490 e. The minimum atomic E-state index is -0.431. The maximum Gasteiger partial charge on any atom is 0.179 e. The molecule has 98 valence electrons. The van der Waals surface area contributed by atoms with Crippen LogP contribution in [-0.2, 0) is 0 Å². The van der Waals surface area contributed by atoms with E-state index in [1.807, 2.05) is 6.92 Å². The first-order valence-electron chi connectivity index (χ1n) is 6.42. The Morgan fingerprint density at radius 1 is 1.33 bits per heavy atom. The van der Waals surface area contributed by atoms with Crippen LogP contribution >= 0.6 is 0 Å². The van der Waals surface area contributed by atoms with Crippen molar-refractivity contribution in [2.45, 2.75) is 32.2 Å². The van der Waals surface area contributed by atoms with Crippen molar-refractivity contribution in [3.63, 3.8) is 0 Å². The molecule has 1 heterocycles. The molecule has 1 atom stereocenters. The maximum absolute atomic E-state index is 12.1. The van der Waals surface area contributed by atoms with Gasteiger partial charge in [-0.15, -0.1) is 0 Å². The Labute approximate surface area is 107 Å². The van der Waals surface area contributed by atoms with Gasteiger partial charge < -0.3 is 15.2 Å². The average molecular weight is 249 g/mol. The van der Waals surface area contributed by atoms with Gasteiger partial charge in [-0.1, -0.05) is 13.3 Å². The van der Waals surface area contributed by atoms with E-state index in [9.17, 15) is 4.79 Å². The number of hydrogen-bond donors (Lipinski definition) is 1. The van der Waals surface area contributed by atoms with Crippen LogP contribution in [0, 0.1) is 0 Å². The molecule has 4 nitrogen and oxygen atoms in total. The third kappa shape index (κ3) is 2.82. The van der Waals surface area contributed by atoms with Gasteiger partial charge in [0.15, 0.2) is 17.3 Å². The number of nitrogens with two attached hydrogens (primary N) is 1. The molecule has 2 rings (SSSR count). The summed E-state index contributed by atoms with van der Waals surface area (Å²) in [4.78, 5) is 12.1. The first-order valence-corrected chi connectivity index (χ1v) is 6.42. The van der Waals surface area contributed by atoms with Crippen LogP contribution in [0.15, 0.2) is 18.2 Å². The monoisotopic (exact) mass is 249 g/mol. The normalized spacial score (nSPS) is 15.9. The number of ketones is 1. The second-order valence-electron chi connectivity index (χ2n) is 4.47. The lowest BCUT2D eigenvalue weighted by molar-refractivity contribution is 0.0956. The van der Waals surface area contributed by atoms with Gasteiger partial charge in [-0.2, -0.15) is 0 Å². The topological polar surface area (TPSA) is 61.6 Å². The number of rotatable bonds is 4. The number of fused-ring (bicyclic) bond motifs is 1. The number of carbonyl (C=O) groups excluding carboxylic acids is 1. The molecule has 0 spiro atoms. The van der Waals surface area contributed by atoms with Gasteiger partial charge in [-0.05, 0) is 24.6 Å². The fourth-order valence-corrected chi connectivity index (χ4v) is 1.97. The van der Waals surface area contributed by atoms with Crippen molar-refractivity contribution in [2.24, 2.45) is 5.73 Å². The molecule has 2 N–H and O–H groups in total. The molecule has 1 aliphatic heterocycles. The maximum atomic E-state index is 12.1.